The van der Waals surface area contributed by atoms with Gasteiger partial charge in [-0.15, -0.1) is 0 Å². The Hall–Kier alpha value is -2.24. The molecule has 1 aliphatic heterocycles. The van der Waals surface area contributed by atoms with Gasteiger partial charge in [-0.1, -0.05) is 6.07 Å². The van der Waals surface area contributed by atoms with E-state index in [1.165, 1.54) is 7.05 Å². The first-order valence-electron chi connectivity index (χ1n) is 5.94. The van der Waals surface area contributed by atoms with Crippen LogP contribution in [0.4, 0.5) is 0 Å². The van der Waals surface area contributed by atoms with Crippen molar-refractivity contribution < 1.29 is 23.8 Å². The van der Waals surface area contributed by atoms with E-state index in [9.17, 15) is 9.59 Å². The van der Waals surface area contributed by atoms with E-state index in [-0.39, 0.29) is 18.9 Å². The summed E-state index contributed by atoms with van der Waals surface area (Å²) in [4.78, 5) is 22.5. The van der Waals surface area contributed by atoms with E-state index in [1.807, 2.05) is 0 Å². The SMILES string of the molecule is CNC(=O)COC(=O)Cc1ccc2c(c1)OCCO2. The predicted molar refractivity (Wildman–Crippen MR) is 66.2 cm³/mol. The normalized spacial score (nSPS) is 12.7. The van der Waals surface area contributed by atoms with Gasteiger partial charge < -0.3 is 19.5 Å². The topological polar surface area (TPSA) is 73.9 Å². The molecule has 0 unspecified atom stereocenters. The van der Waals surface area contributed by atoms with Gasteiger partial charge in [0.05, 0.1) is 6.42 Å². The van der Waals surface area contributed by atoms with Crippen LogP contribution in [0.5, 0.6) is 11.5 Å². The first kappa shape index (κ1) is 13.2. The van der Waals surface area contributed by atoms with Crippen molar-refractivity contribution in [2.45, 2.75) is 6.42 Å². The molecule has 0 fully saturated rings. The van der Waals surface area contributed by atoms with Gasteiger partial charge in [-0.3, -0.25) is 9.59 Å². The van der Waals surface area contributed by atoms with Gasteiger partial charge in [0.2, 0.25) is 0 Å². The largest absolute Gasteiger partial charge is 0.486 e. The summed E-state index contributed by atoms with van der Waals surface area (Å²) in [5, 5.41) is 2.37. The molecule has 0 spiro atoms. The van der Waals surface area contributed by atoms with Crippen LogP contribution in [0.1, 0.15) is 5.56 Å². The van der Waals surface area contributed by atoms with E-state index < -0.39 is 5.97 Å². The second-order valence-electron chi connectivity index (χ2n) is 3.99. The average Bonchev–Trinajstić information content (AvgIpc) is 2.44. The number of esters is 1. The van der Waals surface area contributed by atoms with Crippen LogP contribution >= 0.6 is 0 Å². The van der Waals surface area contributed by atoms with Crippen LogP contribution in [0, 0.1) is 0 Å². The highest BCUT2D eigenvalue weighted by Gasteiger charge is 2.14. The second kappa shape index (κ2) is 6.08. The molecule has 6 heteroatoms. The van der Waals surface area contributed by atoms with Gasteiger partial charge in [0.1, 0.15) is 13.2 Å². The number of carbonyl (C=O) groups is 2. The molecule has 19 heavy (non-hydrogen) atoms. The molecule has 0 bridgehead atoms. The van der Waals surface area contributed by atoms with Crippen molar-refractivity contribution in [3.05, 3.63) is 23.8 Å². The summed E-state index contributed by atoms with van der Waals surface area (Å²) < 4.78 is 15.6. The van der Waals surface area contributed by atoms with Crippen LogP contribution in [0.15, 0.2) is 18.2 Å². The van der Waals surface area contributed by atoms with Gasteiger partial charge in [-0.2, -0.15) is 0 Å². The Morgan fingerprint density at radius 2 is 2.00 bits per heavy atom. The summed E-state index contributed by atoms with van der Waals surface area (Å²) in [6.45, 7) is 0.762. The van der Waals surface area contributed by atoms with E-state index in [4.69, 9.17) is 14.2 Å². The van der Waals surface area contributed by atoms with Crippen LogP contribution in [0.25, 0.3) is 0 Å². The summed E-state index contributed by atoms with van der Waals surface area (Å²) in [6.07, 6.45) is 0.0909. The highest BCUT2D eigenvalue weighted by molar-refractivity contribution is 5.81. The first-order valence-corrected chi connectivity index (χ1v) is 5.94. The minimum absolute atomic E-state index is 0.0909. The summed E-state index contributed by atoms with van der Waals surface area (Å²) in [5.41, 5.74) is 0.756. The number of rotatable bonds is 4. The molecule has 2 rings (SSSR count). The highest BCUT2D eigenvalue weighted by Crippen LogP contribution is 2.30. The van der Waals surface area contributed by atoms with Crippen LogP contribution < -0.4 is 14.8 Å². The molecule has 0 saturated carbocycles. The number of carbonyl (C=O) groups excluding carboxylic acids is 2. The van der Waals surface area contributed by atoms with Crippen molar-refractivity contribution in [2.75, 3.05) is 26.9 Å². The van der Waals surface area contributed by atoms with E-state index in [1.54, 1.807) is 18.2 Å². The summed E-state index contributed by atoms with van der Waals surface area (Å²) >= 11 is 0. The molecular weight excluding hydrogens is 250 g/mol. The number of benzene rings is 1. The fourth-order valence-electron chi connectivity index (χ4n) is 1.63. The van der Waals surface area contributed by atoms with Crippen molar-refractivity contribution in [2.24, 2.45) is 0 Å². The number of hydrogen-bond donors (Lipinski definition) is 1. The number of hydrogen-bond acceptors (Lipinski definition) is 5. The molecule has 0 aromatic heterocycles. The fraction of sp³-hybridized carbons (Fsp3) is 0.385. The molecule has 102 valence electrons. The number of amides is 1. The third kappa shape index (κ3) is 3.61. The number of nitrogens with one attached hydrogen (secondary N) is 1. The van der Waals surface area contributed by atoms with Crippen molar-refractivity contribution in [1.29, 1.82) is 0 Å². The Kier molecular flexibility index (Phi) is 4.22. The summed E-state index contributed by atoms with van der Waals surface area (Å²) in [6, 6.07) is 5.28. The Bertz CT molecular complexity index is 486. The molecule has 0 atom stereocenters. The summed E-state index contributed by atoms with van der Waals surface area (Å²) in [7, 11) is 1.48. The lowest BCUT2D eigenvalue weighted by Gasteiger charge is -2.18. The number of ether oxygens (including phenoxy) is 3. The average molecular weight is 265 g/mol. The lowest BCUT2D eigenvalue weighted by Crippen LogP contribution is -2.25. The van der Waals surface area contributed by atoms with Crippen LogP contribution in [0.2, 0.25) is 0 Å². The molecule has 1 aliphatic rings. The molecular formula is C13H15NO5. The maximum atomic E-state index is 11.5. The number of fused-ring (bicyclic) bond motifs is 1. The highest BCUT2D eigenvalue weighted by atomic mass is 16.6. The maximum absolute atomic E-state index is 11.5. The summed E-state index contributed by atoms with van der Waals surface area (Å²) in [5.74, 6) is 0.507. The van der Waals surface area contributed by atoms with Crippen molar-refractivity contribution in [3.63, 3.8) is 0 Å². The quantitative estimate of drug-likeness (QED) is 0.792. The second-order valence-corrected chi connectivity index (χ2v) is 3.99. The lowest BCUT2D eigenvalue weighted by atomic mass is 10.1. The van der Waals surface area contributed by atoms with Crippen molar-refractivity contribution in [1.82, 2.24) is 5.32 Å². The molecule has 1 aromatic rings. The lowest BCUT2D eigenvalue weighted by molar-refractivity contribution is -0.147. The zero-order chi connectivity index (χ0) is 13.7. The van der Waals surface area contributed by atoms with Crippen LogP contribution in [-0.4, -0.2) is 38.7 Å². The van der Waals surface area contributed by atoms with E-state index in [0.717, 1.165) is 5.56 Å². The maximum Gasteiger partial charge on any atom is 0.310 e. The smallest absolute Gasteiger partial charge is 0.310 e. The molecule has 1 aromatic carbocycles. The third-order valence-corrected chi connectivity index (χ3v) is 2.60. The molecule has 1 amide bonds. The Labute approximate surface area is 110 Å². The van der Waals surface area contributed by atoms with E-state index in [2.05, 4.69) is 5.32 Å². The van der Waals surface area contributed by atoms with E-state index in [0.29, 0.717) is 24.7 Å². The first-order chi connectivity index (χ1) is 9.19. The number of likely N-dealkylation sites (N-methyl/N-ethyl adjacent to an activating group) is 1. The van der Waals surface area contributed by atoms with Gasteiger partial charge >= 0.3 is 5.97 Å². The minimum atomic E-state index is -0.458. The fourth-order valence-corrected chi connectivity index (χ4v) is 1.63. The molecule has 1 heterocycles. The molecule has 0 radical (unpaired) electrons. The van der Waals surface area contributed by atoms with Gasteiger partial charge in [0.15, 0.2) is 18.1 Å². The van der Waals surface area contributed by atoms with Crippen LogP contribution in [-0.2, 0) is 20.7 Å². The van der Waals surface area contributed by atoms with Crippen LogP contribution in [0.3, 0.4) is 0 Å². The van der Waals surface area contributed by atoms with Crippen molar-refractivity contribution in [3.8, 4) is 11.5 Å². The Morgan fingerprint density at radius 1 is 1.26 bits per heavy atom. The van der Waals surface area contributed by atoms with Gasteiger partial charge in [-0.25, -0.2) is 0 Å². The predicted octanol–water partition coefficient (Wildman–Crippen LogP) is 0.289. The zero-order valence-electron chi connectivity index (χ0n) is 10.6. The van der Waals surface area contributed by atoms with Gasteiger partial charge in [0.25, 0.3) is 5.91 Å². The molecule has 0 saturated heterocycles. The minimum Gasteiger partial charge on any atom is -0.486 e. The molecule has 1 N–H and O–H groups in total. The van der Waals surface area contributed by atoms with E-state index >= 15 is 0 Å². The van der Waals surface area contributed by atoms with Gasteiger partial charge in [0, 0.05) is 7.05 Å². The standard InChI is InChI=1S/C13H15NO5/c1-14-12(15)8-19-13(16)7-9-2-3-10-11(6-9)18-5-4-17-10/h2-3,6H,4-5,7-8H2,1H3,(H,14,15). The zero-order valence-corrected chi connectivity index (χ0v) is 10.6. The van der Waals surface area contributed by atoms with Gasteiger partial charge in [-0.05, 0) is 17.7 Å². The Morgan fingerprint density at radius 3 is 2.74 bits per heavy atom. The molecule has 0 aliphatic carbocycles. The third-order valence-electron chi connectivity index (χ3n) is 2.60. The monoisotopic (exact) mass is 265 g/mol. The Balaban J connectivity index is 1.92. The molecule has 6 nitrogen and oxygen atoms in total. The van der Waals surface area contributed by atoms with Crippen molar-refractivity contribution >= 4 is 11.9 Å².